The number of rotatable bonds is 9. The Morgan fingerprint density at radius 1 is 1.05 bits per heavy atom. The summed E-state index contributed by atoms with van der Waals surface area (Å²) in [5.41, 5.74) is -4.40. The molecule has 0 radical (unpaired) electrons. The number of nitrogens with zero attached hydrogens (tertiary/aromatic N) is 1. The van der Waals surface area contributed by atoms with Crippen molar-refractivity contribution >= 4 is 38.9 Å². The molecule has 0 saturated heterocycles. The molecule has 3 aromatic rings. The summed E-state index contributed by atoms with van der Waals surface area (Å²) in [6.45, 7) is -3.15. The van der Waals surface area contributed by atoms with E-state index in [9.17, 15) is 23.4 Å². The molecule has 0 aromatic heterocycles. The molecule has 1 heterocycles. The average molecular weight is 609 g/mol. The Labute approximate surface area is 249 Å². The Hall–Kier alpha value is -2.46. The van der Waals surface area contributed by atoms with Crippen LogP contribution in [-0.4, -0.2) is 48.8 Å². The van der Waals surface area contributed by atoms with E-state index in [2.05, 4.69) is 0 Å². The molecule has 0 unspecified atom stereocenters. The number of carbonyl (C=O) groups excluding carboxylic acids is 1. The van der Waals surface area contributed by atoms with Gasteiger partial charge in [0.1, 0.15) is 0 Å². The summed E-state index contributed by atoms with van der Waals surface area (Å²) in [5, 5.41) is 21.7. The second-order valence-corrected chi connectivity index (χ2v) is 13.6. The number of ether oxygens (including phenoxy) is 1. The summed E-state index contributed by atoms with van der Waals surface area (Å²) >= 11 is 12.3. The van der Waals surface area contributed by atoms with Crippen molar-refractivity contribution in [2.75, 3.05) is 19.4 Å². The zero-order valence-corrected chi connectivity index (χ0v) is 24.4. The predicted molar refractivity (Wildman–Crippen MR) is 153 cm³/mol. The van der Waals surface area contributed by atoms with Gasteiger partial charge in [-0.05, 0) is 68.1 Å². The maximum Gasteiger partial charge on any atom is 0.257 e. The molecule has 0 bridgehead atoms. The van der Waals surface area contributed by atoms with Crippen molar-refractivity contribution in [3.63, 3.8) is 0 Å². The van der Waals surface area contributed by atoms with Gasteiger partial charge in [-0.3, -0.25) is 9.69 Å². The van der Waals surface area contributed by atoms with Gasteiger partial charge in [0.15, 0.2) is 15.6 Å². The van der Waals surface area contributed by atoms with Crippen molar-refractivity contribution in [3.05, 3.63) is 98.5 Å². The standard InChI is InChI=1S/C30H31Cl2NO6S/c1-28(2,36)21-7-11-25-24(14-21)27(35)33(16-19-4-8-23(32)15-26(19)40(3,37)38)30(25,20-5-9-22(31)10-6-20)39-18-29(17-34)12-13-29/h4-11,14-15,34,36H,12-13,16-18H2,1-3H3/t30-/m1/s1/i17D2,18D2. The molecule has 40 heavy (non-hydrogen) atoms. The number of halogens is 2. The van der Waals surface area contributed by atoms with Crippen molar-refractivity contribution in [2.24, 2.45) is 5.41 Å². The highest BCUT2D eigenvalue weighted by atomic mass is 35.5. The van der Waals surface area contributed by atoms with Crippen molar-refractivity contribution in [3.8, 4) is 0 Å². The number of hydrogen-bond donors (Lipinski definition) is 2. The third-order valence-electron chi connectivity index (χ3n) is 7.30. The molecular weight excluding hydrogens is 573 g/mol. The summed E-state index contributed by atoms with van der Waals surface area (Å²) < 4.78 is 66.2. The van der Waals surface area contributed by atoms with E-state index in [-0.39, 0.29) is 45.0 Å². The van der Waals surface area contributed by atoms with Crippen molar-refractivity contribution in [1.29, 1.82) is 0 Å². The summed E-state index contributed by atoms with van der Waals surface area (Å²) in [5.74, 6) is -0.664. The van der Waals surface area contributed by atoms with Crippen molar-refractivity contribution in [1.82, 2.24) is 4.90 Å². The minimum atomic E-state index is -3.85. The fraction of sp³-hybridized carbons (Fsp3) is 0.367. The number of fused-ring (bicyclic) bond motifs is 1. The molecule has 5 rings (SSSR count). The molecule has 212 valence electrons. The molecule has 2 N–H and O–H groups in total. The Morgan fingerprint density at radius 2 is 1.70 bits per heavy atom. The topological polar surface area (TPSA) is 104 Å². The van der Waals surface area contributed by atoms with Crippen LogP contribution >= 0.6 is 23.2 Å². The number of hydrogen-bond acceptors (Lipinski definition) is 6. The second kappa shape index (κ2) is 10.1. The summed E-state index contributed by atoms with van der Waals surface area (Å²) in [7, 11) is -3.85. The lowest BCUT2D eigenvalue weighted by Gasteiger charge is -2.40. The van der Waals surface area contributed by atoms with Crippen LogP contribution in [0.2, 0.25) is 10.0 Å². The normalized spacial score (nSPS) is 22.3. The molecule has 10 heteroatoms. The van der Waals surface area contributed by atoms with Crippen LogP contribution in [0.25, 0.3) is 0 Å². The number of carbonyl (C=O) groups is 1. The predicted octanol–water partition coefficient (Wildman–Crippen LogP) is 5.27. The first-order valence-corrected chi connectivity index (χ1v) is 15.2. The zero-order chi connectivity index (χ0) is 32.7. The molecule has 1 amide bonds. The van der Waals surface area contributed by atoms with Crippen LogP contribution in [0.3, 0.4) is 0 Å². The Bertz CT molecular complexity index is 1750. The molecule has 0 spiro atoms. The Morgan fingerprint density at radius 3 is 2.27 bits per heavy atom. The van der Waals surface area contributed by atoms with Crippen LogP contribution < -0.4 is 0 Å². The molecule has 1 saturated carbocycles. The SMILES string of the molecule is [2H]C([2H])(O)C1(C([2H])([2H])O[C@]2(c3ccc(Cl)cc3)c3ccc(C(C)(C)O)cc3C(=O)N2Cc2ccc(Cl)cc2S(C)(=O)=O)CC1. The van der Waals surface area contributed by atoms with Crippen LogP contribution in [0, 0.1) is 5.41 Å². The minimum Gasteiger partial charge on any atom is -0.396 e. The summed E-state index contributed by atoms with van der Waals surface area (Å²) in [4.78, 5) is 15.5. The number of aliphatic hydroxyl groups is 2. The van der Waals surface area contributed by atoms with Crippen LogP contribution in [0.4, 0.5) is 0 Å². The fourth-order valence-electron chi connectivity index (χ4n) is 4.88. The Kier molecular flexibility index (Phi) is 6.11. The number of benzene rings is 3. The molecule has 1 atom stereocenters. The quantitative estimate of drug-likeness (QED) is 0.343. The van der Waals surface area contributed by atoms with Gasteiger partial charge in [0, 0.05) is 38.4 Å². The highest BCUT2D eigenvalue weighted by Gasteiger charge is 2.55. The fourth-order valence-corrected chi connectivity index (χ4v) is 6.19. The van der Waals surface area contributed by atoms with E-state index < -0.39 is 52.1 Å². The van der Waals surface area contributed by atoms with E-state index in [0.717, 1.165) is 6.26 Å². The lowest BCUT2D eigenvalue weighted by molar-refractivity contribution is -0.129. The Balaban J connectivity index is 1.82. The van der Waals surface area contributed by atoms with Gasteiger partial charge >= 0.3 is 0 Å². The van der Waals surface area contributed by atoms with Gasteiger partial charge in [-0.2, -0.15) is 0 Å². The first-order valence-electron chi connectivity index (χ1n) is 14.5. The van der Waals surface area contributed by atoms with E-state index in [1.165, 1.54) is 59.5 Å². The van der Waals surface area contributed by atoms with Gasteiger partial charge in [-0.25, -0.2) is 8.42 Å². The summed E-state index contributed by atoms with van der Waals surface area (Å²) in [6, 6.07) is 14.8. The average Bonchev–Trinajstić information content (AvgIpc) is 3.70. The molecule has 2 aliphatic rings. The first kappa shape index (κ1) is 24.2. The minimum absolute atomic E-state index is 0.0337. The molecular formula is C30H31Cl2NO6S. The van der Waals surface area contributed by atoms with Gasteiger partial charge < -0.3 is 14.9 Å². The van der Waals surface area contributed by atoms with E-state index in [0.29, 0.717) is 10.6 Å². The largest absolute Gasteiger partial charge is 0.396 e. The lowest BCUT2D eigenvalue weighted by Crippen LogP contribution is -2.47. The van der Waals surface area contributed by atoms with Crippen LogP contribution in [0.15, 0.2) is 65.6 Å². The first-order chi connectivity index (χ1) is 20.1. The maximum absolute atomic E-state index is 14.4. The zero-order valence-electron chi connectivity index (χ0n) is 26.0. The van der Waals surface area contributed by atoms with Gasteiger partial charge in [0.2, 0.25) is 0 Å². The van der Waals surface area contributed by atoms with Crippen molar-refractivity contribution < 1.29 is 33.6 Å². The van der Waals surface area contributed by atoms with Crippen LogP contribution in [0.1, 0.15) is 64.8 Å². The third-order valence-corrected chi connectivity index (χ3v) is 8.96. The third kappa shape index (κ3) is 5.17. The van der Waals surface area contributed by atoms with Gasteiger partial charge in [-0.15, -0.1) is 0 Å². The molecule has 1 fully saturated rings. The monoisotopic (exact) mass is 607 g/mol. The molecule has 7 nitrogen and oxygen atoms in total. The van der Waals surface area contributed by atoms with Gasteiger partial charge in [-0.1, -0.05) is 53.5 Å². The maximum atomic E-state index is 14.4. The lowest BCUT2D eigenvalue weighted by atomic mass is 9.89. The highest BCUT2D eigenvalue weighted by molar-refractivity contribution is 7.90. The number of sulfone groups is 1. The molecule has 1 aliphatic heterocycles. The second-order valence-electron chi connectivity index (χ2n) is 10.8. The van der Waals surface area contributed by atoms with Gasteiger partial charge in [0.05, 0.1) is 35.6 Å². The van der Waals surface area contributed by atoms with E-state index in [1.807, 2.05) is 0 Å². The smallest absolute Gasteiger partial charge is 0.257 e. The van der Waals surface area contributed by atoms with Crippen LogP contribution in [-0.2, 0) is 32.4 Å². The van der Waals surface area contributed by atoms with Crippen molar-refractivity contribution in [2.45, 2.75) is 49.5 Å². The molecule has 1 aliphatic carbocycles. The highest BCUT2D eigenvalue weighted by Crippen LogP contribution is 2.52. The van der Waals surface area contributed by atoms with E-state index >= 15 is 0 Å². The van der Waals surface area contributed by atoms with Crippen LogP contribution in [0.5, 0.6) is 0 Å². The van der Waals surface area contributed by atoms with E-state index in [1.54, 1.807) is 19.9 Å². The molecule has 3 aromatic carbocycles. The number of amides is 1. The van der Waals surface area contributed by atoms with Gasteiger partial charge in [0.25, 0.3) is 5.91 Å². The van der Waals surface area contributed by atoms with E-state index in [4.69, 9.17) is 33.4 Å². The summed E-state index contributed by atoms with van der Waals surface area (Å²) in [6.07, 6.45) is 0.933.